The second-order valence-electron chi connectivity index (χ2n) is 9.54. The minimum atomic E-state index is -3.28. The molecule has 8 nitrogen and oxygen atoms in total. The predicted octanol–water partition coefficient (Wildman–Crippen LogP) is 2.98. The molecule has 7 rings (SSSR count). The molecular formula is C21H23ClF2N6O2S. The Bertz CT molecular complexity index is 1110. The van der Waals surface area contributed by atoms with Crippen LogP contribution < -0.4 is 10.2 Å². The third kappa shape index (κ3) is 3.42. The van der Waals surface area contributed by atoms with E-state index in [9.17, 15) is 18.1 Å². The van der Waals surface area contributed by atoms with Crippen LogP contribution in [-0.4, -0.2) is 59.2 Å². The number of hydrogen-bond acceptors (Lipinski definition) is 8. The van der Waals surface area contributed by atoms with E-state index < -0.39 is 33.7 Å². The molecule has 2 aromatic rings. The molecule has 2 unspecified atom stereocenters. The van der Waals surface area contributed by atoms with Crippen molar-refractivity contribution in [3.8, 4) is 0 Å². The quantitative estimate of drug-likeness (QED) is 0.651. The molecule has 176 valence electrons. The maximum Gasteiger partial charge on any atom is 0.302 e. The fourth-order valence-corrected chi connectivity index (χ4v) is 6.96. The van der Waals surface area contributed by atoms with Gasteiger partial charge in [0.1, 0.15) is 22.2 Å². The molecule has 2 saturated heterocycles. The summed E-state index contributed by atoms with van der Waals surface area (Å²) in [6.07, 6.45) is 7.98. The molecule has 33 heavy (non-hydrogen) atoms. The fourth-order valence-electron chi connectivity index (χ4n) is 5.53. The molecule has 0 amide bonds. The van der Waals surface area contributed by atoms with Crippen LogP contribution in [0.5, 0.6) is 0 Å². The highest BCUT2D eigenvalue weighted by Gasteiger charge is 2.52. The number of nitrogens with zero attached hydrogens (tertiary/aromatic N) is 5. The number of anilines is 2. The monoisotopic (exact) mass is 496 g/mol. The van der Waals surface area contributed by atoms with Gasteiger partial charge in [0.15, 0.2) is 0 Å². The van der Waals surface area contributed by atoms with Crippen LogP contribution in [0.4, 0.5) is 20.5 Å². The molecule has 2 saturated carbocycles. The molecule has 4 fully saturated rings. The third-order valence-electron chi connectivity index (χ3n) is 7.42. The van der Waals surface area contributed by atoms with Gasteiger partial charge in [-0.3, -0.25) is 4.21 Å². The summed E-state index contributed by atoms with van der Waals surface area (Å²) in [5.41, 5.74) is -1.06. The first kappa shape index (κ1) is 21.5. The molecule has 3 aliphatic heterocycles. The van der Waals surface area contributed by atoms with Crippen molar-refractivity contribution in [1.29, 1.82) is 0 Å². The van der Waals surface area contributed by atoms with Gasteiger partial charge in [-0.25, -0.2) is 15.0 Å². The number of piperidine rings is 1. The SMILES string of the molecule is O=[S@@]1CC(F)(F)c2nc(N3C4CC(c5ncc(Cl)cn5)CC3C4)nc(NC3(CO)CCC3)c21. The van der Waals surface area contributed by atoms with E-state index >= 15 is 0 Å². The van der Waals surface area contributed by atoms with Gasteiger partial charge in [-0.15, -0.1) is 0 Å². The van der Waals surface area contributed by atoms with Crippen LogP contribution in [0.15, 0.2) is 17.3 Å². The average Bonchev–Trinajstić information content (AvgIpc) is 2.99. The summed E-state index contributed by atoms with van der Waals surface area (Å²) in [5.74, 6) is -2.76. The minimum absolute atomic E-state index is 0.0263. The molecule has 12 heteroatoms. The normalized spacial score (nSPS) is 30.8. The van der Waals surface area contributed by atoms with Gasteiger partial charge in [0, 0.05) is 30.4 Å². The summed E-state index contributed by atoms with van der Waals surface area (Å²) in [7, 11) is -1.90. The standard InChI is InChI=1S/C21H23ClF2N6O2S/c22-12-7-25-17(26-8-12)11-4-13-6-14(5-11)30(13)19-27-16-15(33(32)10-21(16,23)24)18(28-19)29-20(9-31)2-1-3-20/h7-8,11,13-14,31H,1-6,9-10H2,(H,27,28,29)/t11?,13?,14?,33-/m1/s1. The zero-order valence-electron chi connectivity index (χ0n) is 17.7. The zero-order valence-corrected chi connectivity index (χ0v) is 19.2. The smallest absolute Gasteiger partial charge is 0.302 e. The summed E-state index contributed by atoms with van der Waals surface area (Å²) >= 11 is 5.90. The fraction of sp³-hybridized carbons (Fsp3) is 0.619. The van der Waals surface area contributed by atoms with Crippen molar-refractivity contribution in [3.05, 3.63) is 28.9 Å². The number of hydrogen-bond donors (Lipinski definition) is 2. The van der Waals surface area contributed by atoms with Gasteiger partial charge < -0.3 is 15.3 Å². The largest absolute Gasteiger partial charge is 0.394 e. The van der Waals surface area contributed by atoms with Crippen molar-refractivity contribution in [2.75, 3.05) is 22.6 Å². The van der Waals surface area contributed by atoms with Crippen molar-refractivity contribution in [2.45, 2.75) is 72.9 Å². The van der Waals surface area contributed by atoms with Crippen molar-refractivity contribution in [2.24, 2.45) is 0 Å². The van der Waals surface area contributed by atoms with Gasteiger partial charge >= 0.3 is 5.92 Å². The number of fused-ring (bicyclic) bond motifs is 3. The lowest BCUT2D eigenvalue weighted by Crippen LogP contribution is -2.61. The third-order valence-corrected chi connectivity index (χ3v) is 9.08. The summed E-state index contributed by atoms with van der Waals surface area (Å²) in [4.78, 5) is 19.5. The minimum Gasteiger partial charge on any atom is -0.394 e. The summed E-state index contributed by atoms with van der Waals surface area (Å²) in [6.45, 7) is -0.137. The summed E-state index contributed by atoms with van der Waals surface area (Å²) in [6, 6.07) is 0.185. The van der Waals surface area contributed by atoms with Crippen molar-refractivity contribution in [3.63, 3.8) is 0 Å². The van der Waals surface area contributed by atoms with E-state index in [1.165, 1.54) is 0 Å². The van der Waals surface area contributed by atoms with Crippen LogP contribution in [-0.2, 0) is 16.7 Å². The number of aromatic nitrogens is 4. The van der Waals surface area contributed by atoms with Gasteiger partial charge in [0.25, 0.3) is 0 Å². The van der Waals surface area contributed by atoms with Crippen LogP contribution >= 0.6 is 11.6 Å². The van der Waals surface area contributed by atoms with E-state index in [1.54, 1.807) is 12.4 Å². The Kier molecular flexibility index (Phi) is 4.90. The number of aliphatic hydroxyl groups excluding tert-OH is 1. The van der Waals surface area contributed by atoms with E-state index in [0.29, 0.717) is 17.9 Å². The van der Waals surface area contributed by atoms with Crippen LogP contribution in [0.3, 0.4) is 0 Å². The Morgan fingerprint density at radius 2 is 1.88 bits per heavy atom. The first-order chi connectivity index (χ1) is 15.8. The topological polar surface area (TPSA) is 104 Å². The molecule has 0 radical (unpaired) electrons. The van der Waals surface area contributed by atoms with E-state index in [2.05, 4.69) is 25.3 Å². The summed E-state index contributed by atoms with van der Waals surface area (Å²) < 4.78 is 42.1. The van der Waals surface area contributed by atoms with Gasteiger partial charge in [0.2, 0.25) is 5.95 Å². The maximum atomic E-state index is 14.7. The lowest BCUT2D eigenvalue weighted by Gasteiger charge is -2.55. The molecule has 2 aromatic heterocycles. The number of alkyl halides is 2. The first-order valence-corrected chi connectivity index (χ1v) is 12.8. The molecule has 5 heterocycles. The molecule has 5 aliphatic rings. The Hall–Kier alpha value is -1.98. The Labute approximate surface area is 196 Å². The number of aliphatic hydroxyl groups is 1. The molecule has 2 bridgehead atoms. The van der Waals surface area contributed by atoms with Gasteiger partial charge in [-0.05, 0) is 38.5 Å². The van der Waals surface area contributed by atoms with Crippen molar-refractivity contribution < 1.29 is 18.1 Å². The highest BCUT2D eigenvalue weighted by Crippen LogP contribution is 2.49. The predicted molar refractivity (Wildman–Crippen MR) is 118 cm³/mol. The Balaban J connectivity index is 1.33. The van der Waals surface area contributed by atoms with Gasteiger partial charge in [-0.2, -0.15) is 13.8 Å². The Morgan fingerprint density at radius 1 is 1.18 bits per heavy atom. The van der Waals surface area contributed by atoms with Gasteiger partial charge in [-0.1, -0.05) is 11.6 Å². The van der Waals surface area contributed by atoms with Crippen LogP contribution in [0.1, 0.15) is 56.0 Å². The lowest BCUT2D eigenvalue weighted by atomic mass is 9.73. The molecule has 2 aliphatic carbocycles. The highest BCUT2D eigenvalue weighted by molar-refractivity contribution is 7.85. The van der Waals surface area contributed by atoms with Crippen LogP contribution in [0, 0.1) is 0 Å². The van der Waals surface area contributed by atoms with E-state index in [-0.39, 0.29) is 41.3 Å². The molecule has 3 atom stereocenters. The van der Waals surface area contributed by atoms with Crippen molar-refractivity contribution in [1.82, 2.24) is 19.9 Å². The molecule has 0 spiro atoms. The lowest BCUT2D eigenvalue weighted by molar-refractivity contribution is 0.0189. The molecule has 2 N–H and O–H groups in total. The number of nitrogens with one attached hydrogen (secondary N) is 1. The highest BCUT2D eigenvalue weighted by atomic mass is 35.5. The number of rotatable bonds is 5. The molecule has 0 aromatic carbocycles. The first-order valence-electron chi connectivity index (χ1n) is 11.1. The van der Waals surface area contributed by atoms with Crippen LogP contribution in [0.25, 0.3) is 0 Å². The summed E-state index contributed by atoms with van der Waals surface area (Å²) in [5, 5.41) is 13.5. The zero-order chi connectivity index (χ0) is 23.0. The van der Waals surface area contributed by atoms with E-state index in [4.69, 9.17) is 11.6 Å². The van der Waals surface area contributed by atoms with E-state index in [1.807, 2.05) is 4.90 Å². The van der Waals surface area contributed by atoms with Gasteiger partial charge in [0.05, 0.1) is 33.7 Å². The Morgan fingerprint density at radius 3 is 2.48 bits per heavy atom. The number of halogens is 3. The van der Waals surface area contributed by atoms with Crippen LogP contribution in [0.2, 0.25) is 5.02 Å². The second kappa shape index (κ2) is 7.51. The average molecular weight is 497 g/mol. The second-order valence-corrected chi connectivity index (χ2v) is 11.4. The maximum absolute atomic E-state index is 14.7. The van der Waals surface area contributed by atoms with Crippen molar-refractivity contribution >= 4 is 34.2 Å². The molecular weight excluding hydrogens is 474 g/mol. The van der Waals surface area contributed by atoms with E-state index in [0.717, 1.165) is 31.5 Å².